The molecule has 0 spiro atoms. The molecule has 1 aliphatic heterocycles. The molecule has 0 aromatic carbocycles. The van der Waals surface area contributed by atoms with Crippen LogP contribution in [0.2, 0.25) is 0 Å². The lowest BCUT2D eigenvalue weighted by atomic mass is 10.1. The summed E-state index contributed by atoms with van der Waals surface area (Å²) >= 11 is 1.68. The lowest BCUT2D eigenvalue weighted by molar-refractivity contribution is -0.118. The van der Waals surface area contributed by atoms with Gasteiger partial charge in [-0.05, 0) is 25.5 Å². The van der Waals surface area contributed by atoms with Gasteiger partial charge >= 0.3 is 6.01 Å². The minimum Gasteiger partial charge on any atom is -0.466 e. The SMILES string of the molecule is COc1n[nH]c(NC(=O)C2(C)CCCS2)n1. The van der Waals surface area contributed by atoms with Crippen molar-refractivity contribution in [3.05, 3.63) is 0 Å². The van der Waals surface area contributed by atoms with E-state index in [1.54, 1.807) is 11.8 Å². The van der Waals surface area contributed by atoms with Gasteiger partial charge < -0.3 is 4.74 Å². The van der Waals surface area contributed by atoms with Crippen molar-refractivity contribution < 1.29 is 9.53 Å². The number of hydrogen-bond donors (Lipinski definition) is 2. The molecule has 0 bridgehead atoms. The zero-order valence-electron chi connectivity index (χ0n) is 9.24. The van der Waals surface area contributed by atoms with Crippen molar-refractivity contribution in [3.63, 3.8) is 0 Å². The summed E-state index contributed by atoms with van der Waals surface area (Å²) in [6, 6.07) is 0.222. The molecule has 1 aromatic heterocycles. The van der Waals surface area contributed by atoms with E-state index in [0.717, 1.165) is 18.6 Å². The van der Waals surface area contributed by atoms with Gasteiger partial charge in [-0.25, -0.2) is 5.10 Å². The van der Waals surface area contributed by atoms with Crippen LogP contribution in [0.3, 0.4) is 0 Å². The number of rotatable bonds is 3. The van der Waals surface area contributed by atoms with Crippen molar-refractivity contribution in [2.45, 2.75) is 24.5 Å². The van der Waals surface area contributed by atoms with Gasteiger partial charge in [0.25, 0.3) is 0 Å². The predicted molar refractivity (Wildman–Crippen MR) is 61.7 cm³/mol. The maximum Gasteiger partial charge on any atom is 0.336 e. The van der Waals surface area contributed by atoms with Gasteiger partial charge in [-0.1, -0.05) is 0 Å². The van der Waals surface area contributed by atoms with Crippen LogP contribution in [-0.4, -0.2) is 38.7 Å². The molecule has 1 aliphatic rings. The van der Waals surface area contributed by atoms with E-state index >= 15 is 0 Å². The Bertz CT molecular complexity index is 387. The van der Waals surface area contributed by atoms with Crippen molar-refractivity contribution in [2.75, 3.05) is 18.2 Å². The highest BCUT2D eigenvalue weighted by atomic mass is 32.2. The van der Waals surface area contributed by atoms with Crippen molar-refractivity contribution in [1.82, 2.24) is 15.2 Å². The molecule has 2 heterocycles. The second-order valence-corrected chi connectivity index (χ2v) is 5.41. The number of carbonyl (C=O) groups is 1. The van der Waals surface area contributed by atoms with Gasteiger partial charge in [-0.15, -0.1) is 16.9 Å². The molecule has 16 heavy (non-hydrogen) atoms. The third kappa shape index (κ3) is 2.13. The molecule has 2 rings (SSSR count). The maximum atomic E-state index is 12.0. The number of ether oxygens (including phenoxy) is 1. The molecule has 0 radical (unpaired) electrons. The number of aromatic nitrogens is 3. The van der Waals surface area contributed by atoms with Gasteiger partial charge in [0, 0.05) is 0 Å². The standard InChI is InChI=1S/C9H14N4O2S/c1-9(4-3-5-16-9)6(14)10-7-11-8(15-2)13-12-7/h3-5H2,1-2H3,(H2,10,11,12,13,14). The molecule has 1 unspecified atom stereocenters. The summed E-state index contributed by atoms with van der Waals surface area (Å²) in [6.45, 7) is 1.95. The number of nitrogens with one attached hydrogen (secondary N) is 2. The largest absolute Gasteiger partial charge is 0.466 e. The molecule has 1 aromatic rings. The van der Waals surface area contributed by atoms with E-state index in [9.17, 15) is 4.79 Å². The maximum absolute atomic E-state index is 12.0. The fourth-order valence-corrected chi connectivity index (χ4v) is 2.80. The summed E-state index contributed by atoms with van der Waals surface area (Å²) in [5.41, 5.74) is 0. The molecule has 7 heteroatoms. The number of nitrogens with zero attached hydrogens (tertiary/aromatic N) is 2. The molecule has 1 saturated heterocycles. The Morgan fingerprint density at radius 1 is 1.69 bits per heavy atom. The van der Waals surface area contributed by atoms with Gasteiger partial charge in [0.15, 0.2) is 0 Å². The van der Waals surface area contributed by atoms with Crippen LogP contribution in [0.4, 0.5) is 5.95 Å². The number of methoxy groups -OCH3 is 1. The Balaban J connectivity index is 2.01. The summed E-state index contributed by atoms with van der Waals surface area (Å²) in [7, 11) is 1.48. The van der Waals surface area contributed by atoms with E-state index in [-0.39, 0.29) is 16.7 Å². The third-order valence-corrected chi connectivity index (χ3v) is 4.10. The molecule has 1 atom stereocenters. The van der Waals surface area contributed by atoms with Crippen LogP contribution in [-0.2, 0) is 4.79 Å². The normalized spacial score (nSPS) is 24.4. The van der Waals surface area contributed by atoms with Crippen molar-refractivity contribution in [3.8, 4) is 6.01 Å². The average Bonchev–Trinajstić information content (AvgIpc) is 2.88. The molecular formula is C9H14N4O2S. The Morgan fingerprint density at radius 3 is 3.06 bits per heavy atom. The van der Waals surface area contributed by atoms with E-state index in [4.69, 9.17) is 4.74 Å². The summed E-state index contributed by atoms with van der Waals surface area (Å²) in [5, 5.41) is 9.07. The number of amides is 1. The summed E-state index contributed by atoms with van der Waals surface area (Å²) in [4.78, 5) is 15.9. The quantitative estimate of drug-likeness (QED) is 0.827. The first-order valence-electron chi connectivity index (χ1n) is 5.06. The molecule has 88 valence electrons. The van der Waals surface area contributed by atoms with Crippen molar-refractivity contribution >= 4 is 23.6 Å². The number of H-pyrrole nitrogens is 1. The Hall–Kier alpha value is -1.24. The van der Waals surface area contributed by atoms with Gasteiger partial charge in [-0.2, -0.15) is 4.98 Å². The smallest absolute Gasteiger partial charge is 0.336 e. The molecule has 0 aliphatic carbocycles. The lowest BCUT2D eigenvalue weighted by Crippen LogP contribution is -2.35. The van der Waals surface area contributed by atoms with Crippen LogP contribution >= 0.6 is 11.8 Å². The summed E-state index contributed by atoms with van der Waals surface area (Å²) in [5.74, 6) is 1.33. The molecule has 2 N–H and O–H groups in total. The Labute approximate surface area is 97.5 Å². The molecule has 1 amide bonds. The highest BCUT2D eigenvalue weighted by molar-refractivity contribution is 8.01. The van der Waals surface area contributed by atoms with Gasteiger partial charge in [0.05, 0.1) is 11.9 Å². The lowest BCUT2D eigenvalue weighted by Gasteiger charge is -2.20. The Morgan fingerprint density at radius 2 is 2.50 bits per heavy atom. The van der Waals surface area contributed by atoms with Crippen LogP contribution < -0.4 is 10.1 Å². The minimum atomic E-state index is -0.347. The van der Waals surface area contributed by atoms with E-state index in [0.29, 0.717) is 5.95 Å². The number of aromatic amines is 1. The number of anilines is 1. The first-order chi connectivity index (χ1) is 7.64. The van der Waals surface area contributed by atoms with Crippen LogP contribution in [0, 0.1) is 0 Å². The zero-order chi connectivity index (χ0) is 11.6. The highest BCUT2D eigenvalue weighted by Gasteiger charge is 2.37. The topological polar surface area (TPSA) is 79.9 Å². The van der Waals surface area contributed by atoms with E-state index in [1.165, 1.54) is 7.11 Å². The number of carbonyl (C=O) groups excluding carboxylic acids is 1. The highest BCUT2D eigenvalue weighted by Crippen LogP contribution is 2.38. The Kier molecular flexibility index (Phi) is 3.04. The molecular weight excluding hydrogens is 228 g/mol. The zero-order valence-corrected chi connectivity index (χ0v) is 10.1. The van der Waals surface area contributed by atoms with Crippen LogP contribution in [0.25, 0.3) is 0 Å². The summed E-state index contributed by atoms with van der Waals surface area (Å²) < 4.78 is 4.47. The fraction of sp³-hybridized carbons (Fsp3) is 0.667. The van der Waals surface area contributed by atoms with Crippen LogP contribution in [0.5, 0.6) is 6.01 Å². The second-order valence-electron chi connectivity index (χ2n) is 3.81. The second kappa shape index (κ2) is 4.32. The average molecular weight is 242 g/mol. The minimum absolute atomic E-state index is 0.0335. The number of hydrogen-bond acceptors (Lipinski definition) is 5. The van der Waals surface area contributed by atoms with Gasteiger partial charge in [0.1, 0.15) is 0 Å². The fourth-order valence-electron chi connectivity index (χ4n) is 1.59. The van der Waals surface area contributed by atoms with Crippen LogP contribution in [0.15, 0.2) is 0 Å². The van der Waals surface area contributed by atoms with Crippen molar-refractivity contribution in [2.24, 2.45) is 0 Å². The molecule has 1 fully saturated rings. The van der Waals surface area contributed by atoms with Crippen LogP contribution in [0.1, 0.15) is 19.8 Å². The van der Waals surface area contributed by atoms with E-state index in [2.05, 4.69) is 20.5 Å². The summed E-state index contributed by atoms with van der Waals surface area (Å²) in [6.07, 6.45) is 1.98. The number of thioether (sulfide) groups is 1. The van der Waals surface area contributed by atoms with E-state index in [1.807, 2.05) is 6.92 Å². The van der Waals surface area contributed by atoms with E-state index < -0.39 is 0 Å². The first kappa shape index (κ1) is 11.3. The first-order valence-corrected chi connectivity index (χ1v) is 6.04. The van der Waals surface area contributed by atoms with Gasteiger partial charge in [0.2, 0.25) is 11.9 Å². The van der Waals surface area contributed by atoms with Gasteiger partial charge in [-0.3, -0.25) is 10.1 Å². The predicted octanol–water partition coefficient (Wildman–Crippen LogP) is 1.04. The molecule has 0 saturated carbocycles. The molecule has 6 nitrogen and oxygen atoms in total. The van der Waals surface area contributed by atoms with Crippen molar-refractivity contribution in [1.29, 1.82) is 0 Å². The monoisotopic (exact) mass is 242 g/mol. The third-order valence-electron chi connectivity index (χ3n) is 2.58.